The van der Waals surface area contributed by atoms with Gasteiger partial charge < -0.3 is 15.1 Å². The number of anilines is 1. The first-order valence-electron chi connectivity index (χ1n) is 7.90. The Labute approximate surface area is 127 Å². The van der Waals surface area contributed by atoms with Gasteiger partial charge in [-0.1, -0.05) is 38.5 Å². The van der Waals surface area contributed by atoms with Crippen LogP contribution in [0.2, 0.25) is 0 Å². The number of hydrogen-bond donors (Lipinski definition) is 1. The molecule has 0 saturated heterocycles. The summed E-state index contributed by atoms with van der Waals surface area (Å²) in [7, 11) is 0. The fourth-order valence-corrected chi connectivity index (χ4v) is 2.57. The predicted molar refractivity (Wildman–Crippen MR) is 88.6 cm³/mol. The molecule has 2 aromatic rings. The first-order chi connectivity index (χ1) is 10.3. The lowest BCUT2D eigenvalue weighted by atomic mass is 10.1. The molecule has 0 aliphatic carbocycles. The first-order valence-corrected chi connectivity index (χ1v) is 7.90. The number of aryl methyl sites for hydroxylation is 1. The van der Waals surface area contributed by atoms with E-state index in [1.807, 2.05) is 6.07 Å². The van der Waals surface area contributed by atoms with E-state index in [2.05, 4.69) is 55.1 Å². The molecule has 0 amide bonds. The highest BCUT2D eigenvalue weighted by atomic mass is 16.3. The lowest BCUT2D eigenvalue weighted by Crippen LogP contribution is -2.34. The van der Waals surface area contributed by atoms with Gasteiger partial charge in [-0.3, -0.25) is 0 Å². The second-order valence-corrected chi connectivity index (χ2v) is 5.29. The molecule has 1 unspecified atom stereocenters. The molecule has 0 bridgehead atoms. The van der Waals surface area contributed by atoms with Gasteiger partial charge in [-0.25, -0.2) is 0 Å². The maximum Gasteiger partial charge on any atom is 0.127 e. The maximum absolute atomic E-state index is 6.06. The van der Waals surface area contributed by atoms with Gasteiger partial charge in [0, 0.05) is 25.2 Å². The van der Waals surface area contributed by atoms with Gasteiger partial charge in [0.1, 0.15) is 11.5 Å². The molecule has 0 spiro atoms. The number of benzene rings is 1. The smallest absolute Gasteiger partial charge is 0.127 e. The predicted octanol–water partition coefficient (Wildman–Crippen LogP) is 4.15. The minimum absolute atomic E-state index is 0.0965. The summed E-state index contributed by atoms with van der Waals surface area (Å²) < 4.78 is 5.95. The van der Waals surface area contributed by atoms with Crippen LogP contribution in [0.1, 0.15) is 44.3 Å². The van der Waals surface area contributed by atoms with Crippen molar-refractivity contribution in [3.8, 4) is 0 Å². The fraction of sp³-hybridized carbons (Fsp3) is 0.444. The zero-order valence-electron chi connectivity index (χ0n) is 13.1. The maximum atomic E-state index is 6.06. The first kappa shape index (κ1) is 15.6. The molecule has 2 rings (SSSR count). The molecule has 0 saturated carbocycles. The van der Waals surface area contributed by atoms with E-state index in [9.17, 15) is 0 Å². The standard InChI is InChI=1S/C18H26N2O/c1-3-5-13-20(15-9-7-6-8-10-15)17(14-19)18-12-11-16(4-2)21-18/h6-12,17H,3-5,13-14,19H2,1-2H3. The lowest BCUT2D eigenvalue weighted by Gasteiger charge is -2.32. The summed E-state index contributed by atoms with van der Waals surface area (Å²) in [5.74, 6) is 1.99. The minimum atomic E-state index is 0.0965. The van der Waals surface area contributed by atoms with Crippen LogP contribution in [0.4, 0.5) is 5.69 Å². The van der Waals surface area contributed by atoms with E-state index in [0.29, 0.717) is 6.54 Å². The third kappa shape index (κ3) is 3.88. The van der Waals surface area contributed by atoms with Gasteiger partial charge in [0.15, 0.2) is 0 Å². The van der Waals surface area contributed by atoms with Crippen LogP contribution in [0.15, 0.2) is 46.9 Å². The summed E-state index contributed by atoms with van der Waals surface area (Å²) in [6.07, 6.45) is 3.23. The molecule has 114 valence electrons. The van der Waals surface area contributed by atoms with Gasteiger partial charge in [0.25, 0.3) is 0 Å². The Morgan fingerprint density at radius 1 is 1.10 bits per heavy atom. The van der Waals surface area contributed by atoms with Crippen LogP contribution in [0.3, 0.4) is 0 Å². The molecule has 0 aliphatic heterocycles. The SMILES string of the molecule is CCCCN(c1ccccc1)C(CN)c1ccc(CC)o1. The van der Waals surface area contributed by atoms with Crippen LogP contribution in [0, 0.1) is 0 Å². The Hall–Kier alpha value is -1.74. The van der Waals surface area contributed by atoms with Crippen molar-refractivity contribution in [3.63, 3.8) is 0 Å². The van der Waals surface area contributed by atoms with E-state index in [1.165, 1.54) is 12.1 Å². The molecule has 0 fully saturated rings. The molecule has 0 aliphatic rings. The van der Waals surface area contributed by atoms with Crippen LogP contribution in [0.25, 0.3) is 0 Å². The van der Waals surface area contributed by atoms with Crippen molar-refractivity contribution in [2.45, 2.75) is 39.2 Å². The van der Waals surface area contributed by atoms with Crippen LogP contribution in [-0.2, 0) is 6.42 Å². The summed E-state index contributed by atoms with van der Waals surface area (Å²) in [6, 6.07) is 14.7. The summed E-state index contributed by atoms with van der Waals surface area (Å²) >= 11 is 0. The topological polar surface area (TPSA) is 42.4 Å². The van der Waals surface area contributed by atoms with E-state index in [0.717, 1.165) is 30.9 Å². The average Bonchev–Trinajstić information content (AvgIpc) is 3.01. The van der Waals surface area contributed by atoms with Crippen molar-refractivity contribution in [3.05, 3.63) is 54.0 Å². The van der Waals surface area contributed by atoms with E-state index in [-0.39, 0.29) is 6.04 Å². The summed E-state index contributed by atoms with van der Waals surface area (Å²) in [5.41, 5.74) is 7.27. The van der Waals surface area contributed by atoms with E-state index < -0.39 is 0 Å². The largest absolute Gasteiger partial charge is 0.464 e. The van der Waals surface area contributed by atoms with E-state index in [1.54, 1.807) is 0 Å². The Morgan fingerprint density at radius 2 is 1.86 bits per heavy atom. The van der Waals surface area contributed by atoms with Gasteiger partial charge in [-0.15, -0.1) is 0 Å². The molecule has 1 aromatic heterocycles. The van der Waals surface area contributed by atoms with Gasteiger partial charge in [0.05, 0.1) is 6.04 Å². The zero-order chi connectivity index (χ0) is 15.1. The van der Waals surface area contributed by atoms with Gasteiger partial charge >= 0.3 is 0 Å². The number of para-hydroxylation sites is 1. The Kier molecular flexibility index (Phi) is 5.88. The van der Waals surface area contributed by atoms with Gasteiger partial charge in [-0.05, 0) is 30.7 Å². The average molecular weight is 286 g/mol. The van der Waals surface area contributed by atoms with Crippen molar-refractivity contribution >= 4 is 5.69 Å². The molecular weight excluding hydrogens is 260 g/mol. The number of rotatable bonds is 8. The number of hydrogen-bond acceptors (Lipinski definition) is 3. The second-order valence-electron chi connectivity index (χ2n) is 5.29. The molecule has 0 radical (unpaired) electrons. The lowest BCUT2D eigenvalue weighted by molar-refractivity contribution is 0.422. The van der Waals surface area contributed by atoms with Crippen molar-refractivity contribution in [1.29, 1.82) is 0 Å². The van der Waals surface area contributed by atoms with Gasteiger partial charge in [-0.2, -0.15) is 0 Å². The number of furan rings is 1. The summed E-state index contributed by atoms with van der Waals surface area (Å²) in [5, 5.41) is 0. The van der Waals surface area contributed by atoms with Crippen LogP contribution in [0.5, 0.6) is 0 Å². The number of nitrogens with zero attached hydrogens (tertiary/aromatic N) is 1. The monoisotopic (exact) mass is 286 g/mol. The highest BCUT2D eigenvalue weighted by Gasteiger charge is 2.22. The summed E-state index contributed by atoms with van der Waals surface area (Å²) in [6.45, 7) is 5.86. The fourth-order valence-electron chi connectivity index (χ4n) is 2.57. The molecular formula is C18H26N2O. The minimum Gasteiger partial charge on any atom is -0.464 e. The molecule has 2 N–H and O–H groups in total. The van der Waals surface area contributed by atoms with Gasteiger partial charge in [0.2, 0.25) is 0 Å². The van der Waals surface area contributed by atoms with Crippen molar-refractivity contribution < 1.29 is 4.42 Å². The third-order valence-corrected chi connectivity index (χ3v) is 3.80. The van der Waals surface area contributed by atoms with Crippen molar-refractivity contribution in [2.75, 3.05) is 18.0 Å². The third-order valence-electron chi connectivity index (χ3n) is 3.80. The Bertz CT molecular complexity index is 521. The number of nitrogens with two attached hydrogens (primary N) is 1. The molecule has 1 aromatic carbocycles. The number of unbranched alkanes of at least 4 members (excludes halogenated alkanes) is 1. The Morgan fingerprint density at radius 3 is 2.43 bits per heavy atom. The van der Waals surface area contributed by atoms with Crippen LogP contribution < -0.4 is 10.6 Å². The summed E-state index contributed by atoms with van der Waals surface area (Å²) in [4.78, 5) is 2.36. The molecule has 3 nitrogen and oxygen atoms in total. The molecule has 21 heavy (non-hydrogen) atoms. The van der Waals surface area contributed by atoms with Crippen LogP contribution in [-0.4, -0.2) is 13.1 Å². The van der Waals surface area contributed by atoms with Crippen molar-refractivity contribution in [1.82, 2.24) is 0 Å². The quantitative estimate of drug-likeness (QED) is 0.792. The van der Waals surface area contributed by atoms with E-state index in [4.69, 9.17) is 10.2 Å². The van der Waals surface area contributed by atoms with Crippen molar-refractivity contribution in [2.24, 2.45) is 5.73 Å². The van der Waals surface area contributed by atoms with Crippen LogP contribution >= 0.6 is 0 Å². The van der Waals surface area contributed by atoms with E-state index >= 15 is 0 Å². The Balaban J connectivity index is 2.28. The zero-order valence-corrected chi connectivity index (χ0v) is 13.1. The highest BCUT2D eigenvalue weighted by Crippen LogP contribution is 2.28. The molecule has 3 heteroatoms. The normalized spacial score (nSPS) is 12.3. The second kappa shape index (κ2) is 7.89. The molecule has 1 atom stereocenters. The highest BCUT2D eigenvalue weighted by molar-refractivity contribution is 5.48. The molecule has 1 heterocycles.